The largest absolute Gasteiger partial charge is 0.356 e. The number of benzene rings is 1. The van der Waals surface area contributed by atoms with Crippen LogP contribution in [-0.2, 0) is 11.2 Å². The van der Waals surface area contributed by atoms with Gasteiger partial charge in [0.15, 0.2) is 5.16 Å². The van der Waals surface area contributed by atoms with Crippen LogP contribution < -0.4 is 10.2 Å². The van der Waals surface area contributed by atoms with Crippen molar-refractivity contribution in [2.45, 2.75) is 56.9 Å². The van der Waals surface area contributed by atoms with Crippen LogP contribution in [0, 0.1) is 0 Å². The molecule has 6 heteroatoms. The van der Waals surface area contributed by atoms with Gasteiger partial charge in [0.2, 0.25) is 0 Å². The van der Waals surface area contributed by atoms with E-state index < -0.39 is 0 Å². The third-order valence-electron chi connectivity index (χ3n) is 4.81. The average molecular weight is 399 g/mol. The van der Waals surface area contributed by atoms with Gasteiger partial charge in [-0.15, -0.1) is 0 Å². The quantitative estimate of drug-likeness (QED) is 0.577. The fraction of sp³-hybridized carbons (Fsp3) is 0.500. The Morgan fingerprint density at radius 2 is 1.82 bits per heavy atom. The van der Waals surface area contributed by atoms with Crippen LogP contribution in [0.1, 0.15) is 62.2 Å². The minimum absolute atomic E-state index is 0.0129. The van der Waals surface area contributed by atoms with E-state index in [1.54, 1.807) is 11.8 Å². The molecule has 28 heavy (non-hydrogen) atoms. The molecule has 0 aliphatic carbocycles. The van der Waals surface area contributed by atoms with Crippen molar-refractivity contribution in [3.8, 4) is 0 Å². The van der Waals surface area contributed by atoms with Gasteiger partial charge in [-0.05, 0) is 37.5 Å². The third kappa shape index (κ3) is 5.25. The lowest BCUT2D eigenvalue weighted by molar-refractivity contribution is 0.0956. The summed E-state index contributed by atoms with van der Waals surface area (Å²) >= 11 is 1.65. The van der Waals surface area contributed by atoms with E-state index in [0.29, 0.717) is 12.1 Å². The van der Waals surface area contributed by atoms with E-state index in [9.17, 15) is 4.79 Å². The molecule has 1 saturated heterocycles. The summed E-state index contributed by atoms with van der Waals surface area (Å²) in [4.78, 5) is 23.9. The fourth-order valence-corrected chi connectivity index (χ4v) is 3.94. The van der Waals surface area contributed by atoms with Crippen LogP contribution in [0.4, 0.5) is 5.82 Å². The zero-order valence-electron chi connectivity index (χ0n) is 17.3. The summed E-state index contributed by atoms with van der Waals surface area (Å²) in [5.74, 6) is 1.80. The Labute approximate surface area is 172 Å². The molecule has 1 aromatic carbocycles. The third-order valence-corrected chi connectivity index (χ3v) is 5.73. The van der Waals surface area contributed by atoms with Crippen LogP contribution in [-0.4, -0.2) is 35.5 Å². The van der Waals surface area contributed by atoms with Crippen molar-refractivity contribution >= 4 is 23.5 Å². The number of nitrogens with zero attached hydrogens (tertiary/aromatic N) is 3. The molecule has 2 aromatic rings. The Morgan fingerprint density at radius 3 is 2.43 bits per heavy atom. The van der Waals surface area contributed by atoms with Crippen LogP contribution in [0.3, 0.4) is 0 Å². The summed E-state index contributed by atoms with van der Waals surface area (Å²) in [6.45, 7) is 11.3. The van der Waals surface area contributed by atoms with E-state index in [4.69, 9.17) is 9.97 Å². The molecule has 150 valence electrons. The number of nitrogens with one attached hydrogen (secondary N) is 1. The molecule has 0 atom stereocenters. The van der Waals surface area contributed by atoms with Crippen LogP contribution in [0.15, 0.2) is 35.5 Å². The molecule has 1 aromatic heterocycles. The first-order valence-electron chi connectivity index (χ1n) is 10.0. The molecule has 3 rings (SSSR count). The van der Waals surface area contributed by atoms with Gasteiger partial charge >= 0.3 is 0 Å². The number of amides is 1. The van der Waals surface area contributed by atoms with Gasteiger partial charge < -0.3 is 10.2 Å². The van der Waals surface area contributed by atoms with Gasteiger partial charge in [0.25, 0.3) is 5.91 Å². The Kier molecular flexibility index (Phi) is 6.60. The second-order valence-corrected chi connectivity index (χ2v) is 9.13. The van der Waals surface area contributed by atoms with Crippen molar-refractivity contribution in [1.82, 2.24) is 15.3 Å². The molecular weight excluding hydrogens is 368 g/mol. The number of carbonyl (C=O) groups excluding carboxylic acids is 1. The van der Waals surface area contributed by atoms with Gasteiger partial charge in [0.05, 0.1) is 5.69 Å². The lowest BCUT2D eigenvalue weighted by atomic mass is 9.92. The van der Waals surface area contributed by atoms with Crippen molar-refractivity contribution in [3.63, 3.8) is 0 Å². The predicted octanol–water partition coefficient (Wildman–Crippen LogP) is 4.42. The predicted molar refractivity (Wildman–Crippen MR) is 116 cm³/mol. The van der Waals surface area contributed by atoms with Crippen LogP contribution in [0.2, 0.25) is 0 Å². The smallest absolute Gasteiger partial charge is 0.251 e. The zero-order chi connectivity index (χ0) is 20.1. The Hall–Kier alpha value is -2.08. The monoisotopic (exact) mass is 398 g/mol. The van der Waals surface area contributed by atoms with Gasteiger partial charge in [-0.2, -0.15) is 0 Å². The number of hydrogen-bond acceptors (Lipinski definition) is 5. The van der Waals surface area contributed by atoms with E-state index in [2.05, 4.69) is 37.1 Å². The van der Waals surface area contributed by atoms with Gasteiger partial charge in [0.1, 0.15) is 5.82 Å². The molecule has 0 bridgehead atoms. The molecule has 1 amide bonds. The maximum atomic E-state index is 11.9. The van der Waals surface area contributed by atoms with E-state index in [1.165, 1.54) is 12.8 Å². The Balaban J connectivity index is 1.74. The number of carbonyl (C=O) groups is 1. The van der Waals surface area contributed by atoms with Crippen molar-refractivity contribution < 1.29 is 4.79 Å². The van der Waals surface area contributed by atoms with Gasteiger partial charge in [-0.25, -0.2) is 9.97 Å². The highest BCUT2D eigenvalue weighted by Gasteiger charge is 2.21. The second-order valence-electron chi connectivity index (χ2n) is 8.18. The number of rotatable bonds is 6. The van der Waals surface area contributed by atoms with Crippen LogP contribution in [0.25, 0.3) is 0 Å². The van der Waals surface area contributed by atoms with E-state index in [-0.39, 0.29) is 11.3 Å². The van der Waals surface area contributed by atoms with Crippen molar-refractivity contribution in [2.75, 3.05) is 24.5 Å². The summed E-state index contributed by atoms with van der Waals surface area (Å²) in [6, 6.07) is 9.92. The van der Waals surface area contributed by atoms with E-state index >= 15 is 0 Å². The second kappa shape index (κ2) is 8.95. The SMILES string of the molecule is CCNC(=O)c1ccc(CSc2nc(N3CCCC3)cc(C(C)(C)C)n2)cc1. The lowest BCUT2D eigenvalue weighted by Gasteiger charge is -2.23. The molecule has 1 aliphatic rings. The normalized spacial score (nSPS) is 14.4. The minimum Gasteiger partial charge on any atom is -0.356 e. The van der Waals surface area contributed by atoms with Gasteiger partial charge in [-0.1, -0.05) is 44.7 Å². The van der Waals surface area contributed by atoms with Crippen molar-refractivity contribution in [3.05, 3.63) is 47.2 Å². The number of hydrogen-bond donors (Lipinski definition) is 1. The lowest BCUT2D eigenvalue weighted by Crippen LogP contribution is -2.22. The molecule has 0 saturated carbocycles. The van der Waals surface area contributed by atoms with Crippen LogP contribution >= 0.6 is 11.8 Å². The first-order valence-corrected chi connectivity index (χ1v) is 11.0. The molecular formula is C22H30N4OS. The topological polar surface area (TPSA) is 58.1 Å². The maximum Gasteiger partial charge on any atom is 0.251 e. The van der Waals surface area contributed by atoms with Crippen LogP contribution in [0.5, 0.6) is 0 Å². The first-order chi connectivity index (χ1) is 13.4. The summed E-state index contributed by atoms with van der Waals surface area (Å²) in [6.07, 6.45) is 2.46. The highest BCUT2D eigenvalue weighted by molar-refractivity contribution is 7.98. The molecule has 5 nitrogen and oxygen atoms in total. The average Bonchev–Trinajstić information content (AvgIpc) is 3.21. The van der Waals surface area contributed by atoms with Crippen molar-refractivity contribution in [1.29, 1.82) is 0 Å². The fourth-order valence-electron chi connectivity index (χ4n) is 3.13. The standard InChI is InChI=1S/C22H30N4OS/c1-5-23-20(27)17-10-8-16(9-11-17)15-28-21-24-18(22(2,3)4)14-19(25-21)26-12-6-7-13-26/h8-11,14H,5-7,12-13,15H2,1-4H3,(H,23,27). The van der Waals surface area contributed by atoms with Gasteiger partial charge in [0, 0.05) is 42.4 Å². The molecule has 1 N–H and O–H groups in total. The number of anilines is 1. The Bertz CT molecular complexity index is 808. The molecule has 2 heterocycles. The molecule has 1 fully saturated rings. The maximum absolute atomic E-state index is 11.9. The summed E-state index contributed by atoms with van der Waals surface area (Å²) < 4.78 is 0. The van der Waals surface area contributed by atoms with Crippen molar-refractivity contribution in [2.24, 2.45) is 0 Å². The zero-order valence-corrected chi connectivity index (χ0v) is 18.1. The highest BCUT2D eigenvalue weighted by atomic mass is 32.2. The highest BCUT2D eigenvalue weighted by Crippen LogP contribution is 2.29. The number of thioether (sulfide) groups is 1. The van der Waals surface area contributed by atoms with Gasteiger partial charge in [-0.3, -0.25) is 4.79 Å². The molecule has 0 spiro atoms. The molecule has 1 aliphatic heterocycles. The van der Waals surface area contributed by atoms with E-state index in [1.807, 2.05) is 31.2 Å². The Morgan fingerprint density at radius 1 is 1.14 bits per heavy atom. The van der Waals surface area contributed by atoms with E-state index in [0.717, 1.165) is 41.1 Å². The first kappa shape index (κ1) is 20.6. The summed E-state index contributed by atoms with van der Waals surface area (Å²) in [5.41, 5.74) is 2.92. The summed E-state index contributed by atoms with van der Waals surface area (Å²) in [5, 5.41) is 3.64. The minimum atomic E-state index is -0.0295. The summed E-state index contributed by atoms with van der Waals surface area (Å²) in [7, 11) is 0. The molecule has 0 radical (unpaired) electrons. The molecule has 0 unspecified atom stereocenters. The number of aromatic nitrogens is 2.